The Kier molecular flexibility index (Phi) is 4.84. The molecule has 0 saturated carbocycles. The number of aromatic amines is 1. The van der Waals surface area contributed by atoms with Crippen LogP contribution in [0.4, 0.5) is 5.69 Å². The molecule has 20 heavy (non-hydrogen) atoms. The Hall–Kier alpha value is -1.75. The van der Waals surface area contributed by atoms with E-state index < -0.39 is 0 Å². The van der Waals surface area contributed by atoms with Gasteiger partial charge in [-0.25, -0.2) is 4.98 Å². The van der Waals surface area contributed by atoms with Crippen LogP contribution in [-0.4, -0.2) is 15.7 Å². The Morgan fingerprint density at radius 3 is 2.75 bits per heavy atom. The zero-order chi connectivity index (χ0) is 14.5. The number of anilines is 1. The lowest BCUT2D eigenvalue weighted by atomic mass is 10.1. The normalized spacial score (nSPS) is 10.7. The van der Waals surface area contributed by atoms with E-state index in [1.807, 2.05) is 18.2 Å². The lowest BCUT2D eigenvalue weighted by Gasteiger charge is -2.07. The van der Waals surface area contributed by atoms with E-state index in [-0.39, 0.29) is 5.56 Å². The average molecular weight is 289 g/mol. The van der Waals surface area contributed by atoms with E-state index in [0.29, 0.717) is 17.3 Å². The molecule has 1 heterocycles. The largest absolute Gasteiger partial charge is 0.398 e. The first-order valence-corrected chi connectivity index (χ1v) is 7.86. The maximum atomic E-state index is 11.7. The van der Waals surface area contributed by atoms with Crippen molar-refractivity contribution in [1.29, 1.82) is 0 Å². The van der Waals surface area contributed by atoms with Crippen molar-refractivity contribution in [2.75, 3.05) is 11.5 Å². The summed E-state index contributed by atoms with van der Waals surface area (Å²) < 4.78 is 0. The van der Waals surface area contributed by atoms with Crippen molar-refractivity contribution in [3.63, 3.8) is 0 Å². The molecular weight excluding hydrogens is 270 g/mol. The molecule has 0 amide bonds. The molecule has 0 atom stereocenters. The van der Waals surface area contributed by atoms with Crippen molar-refractivity contribution in [2.24, 2.45) is 0 Å². The molecule has 5 heteroatoms. The van der Waals surface area contributed by atoms with Gasteiger partial charge in [0.25, 0.3) is 5.56 Å². The number of aromatic nitrogens is 2. The third-order valence-electron chi connectivity index (χ3n) is 3.06. The van der Waals surface area contributed by atoms with Crippen LogP contribution in [0.2, 0.25) is 0 Å². The number of benzene rings is 1. The topological polar surface area (TPSA) is 71.8 Å². The Morgan fingerprint density at radius 1 is 1.30 bits per heavy atom. The highest BCUT2D eigenvalue weighted by Crippen LogP contribution is 2.22. The molecule has 0 saturated heterocycles. The molecule has 1 aromatic carbocycles. The summed E-state index contributed by atoms with van der Waals surface area (Å²) in [4.78, 5) is 19.0. The van der Waals surface area contributed by atoms with E-state index in [1.165, 1.54) is 6.07 Å². The van der Waals surface area contributed by atoms with E-state index in [2.05, 4.69) is 23.8 Å². The molecule has 0 aliphatic carbocycles. The van der Waals surface area contributed by atoms with Gasteiger partial charge in [0.05, 0.1) is 11.4 Å². The number of hydrogen-bond acceptors (Lipinski definition) is 4. The Labute approximate surface area is 122 Å². The first-order valence-electron chi connectivity index (χ1n) is 6.70. The Morgan fingerprint density at radius 2 is 2.10 bits per heavy atom. The molecular formula is C15H19N3OS. The van der Waals surface area contributed by atoms with Crippen LogP contribution in [0.25, 0.3) is 11.3 Å². The van der Waals surface area contributed by atoms with Gasteiger partial charge in [-0.2, -0.15) is 11.8 Å². The molecule has 2 rings (SSSR count). The highest BCUT2D eigenvalue weighted by molar-refractivity contribution is 7.98. The quantitative estimate of drug-likeness (QED) is 0.830. The van der Waals surface area contributed by atoms with Crippen molar-refractivity contribution in [1.82, 2.24) is 9.97 Å². The van der Waals surface area contributed by atoms with Crippen LogP contribution in [0.5, 0.6) is 0 Å². The second kappa shape index (κ2) is 6.61. The second-order valence-electron chi connectivity index (χ2n) is 4.48. The smallest absolute Gasteiger partial charge is 0.251 e. The number of nitrogens with one attached hydrogen (secondary N) is 1. The summed E-state index contributed by atoms with van der Waals surface area (Å²) in [6.07, 6.45) is 0.896. The van der Waals surface area contributed by atoms with Gasteiger partial charge in [0.15, 0.2) is 0 Å². The van der Waals surface area contributed by atoms with Crippen LogP contribution in [0.15, 0.2) is 29.1 Å². The fourth-order valence-corrected chi connectivity index (χ4v) is 2.53. The molecule has 0 aliphatic heterocycles. The van der Waals surface area contributed by atoms with Crippen molar-refractivity contribution in [2.45, 2.75) is 26.0 Å². The number of nitrogens with two attached hydrogens (primary N) is 1. The van der Waals surface area contributed by atoms with Gasteiger partial charge in [-0.05, 0) is 23.8 Å². The fourth-order valence-electron chi connectivity index (χ4n) is 2.00. The van der Waals surface area contributed by atoms with E-state index in [1.54, 1.807) is 11.8 Å². The fraction of sp³-hybridized carbons (Fsp3) is 0.333. The molecule has 4 nitrogen and oxygen atoms in total. The zero-order valence-electron chi connectivity index (χ0n) is 11.8. The lowest BCUT2D eigenvalue weighted by Crippen LogP contribution is -2.10. The summed E-state index contributed by atoms with van der Waals surface area (Å²) in [6.45, 7) is 4.15. The van der Waals surface area contributed by atoms with Crippen molar-refractivity contribution in [3.05, 3.63) is 46.0 Å². The Bertz CT molecular complexity index is 652. The lowest BCUT2D eigenvalue weighted by molar-refractivity contribution is 1.01. The summed E-state index contributed by atoms with van der Waals surface area (Å²) in [6, 6.07) is 7.36. The molecule has 0 unspecified atom stereocenters. The number of nitrogen functional groups attached to an aromatic ring is 1. The minimum Gasteiger partial charge on any atom is -0.398 e. The molecule has 0 radical (unpaired) electrons. The maximum absolute atomic E-state index is 11.7. The van der Waals surface area contributed by atoms with Crippen LogP contribution in [-0.2, 0) is 12.2 Å². The highest BCUT2D eigenvalue weighted by atomic mass is 32.2. The number of thioether (sulfide) groups is 1. The van der Waals surface area contributed by atoms with E-state index in [0.717, 1.165) is 29.0 Å². The average Bonchev–Trinajstić information content (AvgIpc) is 2.44. The highest BCUT2D eigenvalue weighted by Gasteiger charge is 2.06. The first-order chi connectivity index (χ1) is 9.63. The summed E-state index contributed by atoms with van der Waals surface area (Å²) in [5, 5.41) is 0. The predicted molar refractivity (Wildman–Crippen MR) is 85.9 cm³/mol. The van der Waals surface area contributed by atoms with Gasteiger partial charge < -0.3 is 10.7 Å². The minimum atomic E-state index is -0.125. The van der Waals surface area contributed by atoms with Crippen LogP contribution >= 0.6 is 11.8 Å². The summed E-state index contributed by atoms with van der Waals surface area (Å²) >= 11 is 1.73. The van der Waals surface area contributed by atoms with E-state index >= 15 is 0 Å². The molecule has 0 aliphatic rings. The molecule has 0 spiro atoms. The molecule has 0 bridgehead atoms. The van der Waals surface area contributed by atoms with Crippen LogP contribution in [0, 0.1) is 0 Å². The van der Waals surface area contributed by atoms with Gasteiger partial charge in [0.2, 0.25) is 0 Å². The van der Waals surface area contributed by atoms with Gasteiger partial charge in [-0.3, -0.25) is 4.79 Å². The summed E-state index contributed by atoms with van der Waals surface area (Å²) in [5.41, 5.74) is 9.30. The standard InChI is InChI=1S/C15H19N3OS/c1-3-10-5-6-11(7-12(10)16)13-8-15(19)18-14(17-13)9-20-4-2/h5-8H,3-4,9,16H2,1-2H3,(H,17,18,19). The van der Waals surface area contributed by atoms with Crippen molar-refractivity contribution in [3.8, 4) is 11.3 Å². The molecule has 1 aromatic heterocycles. The van der Waals surface area contributed by atoms with Gasteiger partial charge in [-0.15, -0.1) is 0 Å². The van der Waals surface area contributed by atoms with Gasteiger partial charge in [0, 0.05) is 17.3 Å². The Balaban J connectivity index is 2.39. The predicted octanol–water partition coefficient (Wildman–Crippen LogP) is 2.83. The zero-order valence-corrected chi connectivity index (χ0v) is 12.6. The summed E-state index contributed by atoms with van der Waals surface area (Å²) in [5.74, 6) is 2.41. The SMILES string of the molecule is CCSCc1nc(-c2ccc(CC)c(N)c2)cc(=O)[nH]1. The minimum absolute atomic E-state index is 0.125. The van der Waals surface area contributed by atoms with Crippen LogP contribution in [0.3, 0.4) is 0 Å². The molecule has 106 valence electrons. The van der Waals surface area contributed by atoms with E-state index in [4.69, 9.17) is 5.73 Å². The number of nitrogens with zero attached hydrogens (tertiary/aromatic N) is 1. The number of hydrogen-bond donors (Lipinski definition) is 2. The van der Waals surface area contributed by atoms with Crippen LogP contribution < -0.4 is 11.3 Å². The first kappa shape index (κ1) is 14.7. The van der Waals surface area contributed by atoms with Crippen molar-refractivity contribution >= 4 is 17.4 Å². The third kappa shape index (κ3) is 3.42. The maximum Gasteiger partial charge on any atom is 0.251 e. The van der Waals surface area contributed by atoms with E-state index in [9.17, 15) is 4.79 Å². The number of rotatable bonds is 5. The van der Waals surface area contributed by atoms with Gasteiger partial charge in [0.1, 0.15) is 5.82 Å². The van der Waals surface area contributed by atoms with Gasteiger partial charge in [-0.1, -0.05) is 26.0 Å². The molecule has 2 aromatic rings. The second-order valence-corrected chi connectivity index (χ2v) is 5.76. The molecule has 0 fully saturated rings. The monoisotopic (exact) mass is 289 g/mol. The number of aryl methyl sites for hydroxylation is 1. The summed E-state index contributed by atoms with van der Waals surface area (Å²) in [7, 11) is 0. The van der Waals surface area contributed by atoms with Crippen molar-refractivity contribution < 1.29 is 0 Å². The van der Waals surface area contributed by atoms with Gasteiger partial charge >= 0.3 is 0 Å². The van der Waals surface area contributed by atoms with Crippen LogP contribution in [0.1, 0.15) is 25.2 Å². The third-order valence-corrected chi connectivity index (χ3v) is 3.94. The number of H-pyrrole nitrogens is 1. The molecule has 3 N–H and O–H groups in total.